The fourth-order valence-corrected chi connectivity index (χ4v) is 2.32. The highest BCUT2D eigenvalue weighted by atomic mass is 79.9. The van der Waals surface area contributed by atoms with E-state index in [2.05, 4.69) is 31.2 Å². The predicted octanol–water partition coefficient (Wildman–Crippen LogP) is 3.97. The number of alkyl halides is 3. The van der Waals surface area contributed by atoms with Crippen molar-refractivity contribution in [2.75, 3.05) is 26.0 Å². The Balaban J connectivity index is 2.17. The van der Waals surface area contributed by atoms with Crippen LogP contribution in [0.2, 0.25) is 0 Å². The molecule has 0 spiro atoms. The molecule has 2 aromatic rings. The normalized spacial score (nSPS) is 13.2. The van der Waals surface area contributed by atoms with E-state index in [4.69, 9.17) is 0 Å². The smallest absolute Gasteiger partial charge is 0.352 e. The molecule has 1 aromatic heterocycles. The summed E-state index contributed by atoms with van der Waals surface area (Å²) in [6, 6.07) is 5.11. The first-order chi connectivity index (χ1) is 10.8. The first-order valence-corrected chi connectivity index (χ1v) is 7.61. The van der Waals surface area contributed by atoms with Crippen molar-refractivity contribution < 1.29 is 13.2 Å². The Bertz CT molecular complexity index is 644. The molecule has 0 fully saturated rings. The van der Waals surface area contributed by atoms with E-state index >= 15 is 0 Å². The van der Waals surface area contributed by atoms with Crippen LogP contribution in [-0.4, -0.2) is 35.5 Å². The number of anilines is 1. The van der Waals surface area contributed by atoms with Crippen LogP contribution in [0.1, 0.15) is 17.2 Å². The van der Waals surface area contributed by atoms with Crippen LogP contribution in [0.15, 0.2) is 41.1 Å². The van der Waals surface area contributed by atoms with Gasteiger partial charge in [0.2, 0.25) is 5.95 Å². The van der Waals surface area contributed by atoms with Gasteiger partial charge in [0, 0.05) is 18.9 Å². The Labute approximate surface area is 140 Å². The van der Waals surface area contributed by atoms with Crippen LogP contribution in [0, 0.1) is 0 Å². The summed E-state index contributed by atoms with van der Waals surface area (Å²) in [5, 5.41) is 3.04. The van der Waals surface area contributed by atoms with Gasteiger partial charge in [-0.05, 0) is 47.7 Å². The van der Waals surface area contributed by atoms with E-state index in [0.717, 1.165) is 10.5 Å². The second-order valence-corrected chi connectivity index (χ2v) is 6.12. The third-order valence-corrected chi connectivity index (χ3v) is 3.71. The Hall–Kier alpha value is -1.67. The summed E-state index contributed by atoms with van der Waals surface area (Å²) in [6.07, 6.45) is -1.15. The van der Waals surface area contributed by atoms with E-state index in [-0.39, 0.29) is 6.04 Å². The summed E-state index contributed by atoms with van der Waals surface area (Å²) in [7, 11) is 3.63. The summed E-state index contributed by atoms with van der Waals surface area (Å²) in [5.74, 6) is 0.423. The SMILES string of the molecule is CN(C)C(CNc1ncc(Br)cn1)c1cccc(C(F)(F)F)c1. The molecule has 0 aliphatic carbocycles. The Kier molecular flexibility index (Phi) is 5.59. The first kappa shape index (κ1) is 17.7. The lowest BCUT2D eigenvalue weighted by Gasteiger charge is -2.25. The predicted molar refractivity (Wildman–Crippen MR) is 86.1 cm³/mol. The maximum atomic E-state index is 12.9. The van der Waals surface area contributed by atoms with Gasteiger partial charge in [0.15, 0.2) is 0 Å². The van der Waals surface area contributed by atoms with Crippen LogP contribution >= 0.6 is 15.9 Å². The van der Waals surface area contributed by atoms with Crippen LogP contribution < -0.4 is 5.32 Å². The number of aromatic nitrogens is 2. The van der Waals surface area contributed by atoms with Gasteiger partial charge < -0.3 is 10.2 Å². The Morgan fingerprint density at radius 1 is 1.22 bits per heavy atom. The highest BCUT2D eigenvalue weighted by Crippen LogP contribution is 2.31. The zero-order valence-corrected chi connectivity index (χ0v) is 14.2. The molecule has 124 valence electrons. The van der Waals surface area contributed by atoms with Crippen molar-refractivity contribution in [2.45, 2.75) is 12.2 Å². The number of hydrogen-bond acceptors (Lipinski definition) is 4. The molecule has 0 aliphatic heterocycles. The van der Waals surface area contributed by atoms with E-state index in [1.807, 2.05) is 19.0 Å². The van der Waals surface area contributed by atoms with Crippen LogP contribution in [0.4, 0.5) is 19.1 Å². The van der Waals surface area contributed by atoms with Gasteiger partial charge >= 0.3 is 6.18 Å². The monoisotopic (exact) mass is 388 g/mol. The molecule has 0 saturated carbocycles. The second-order valence-electron chi connectivity index (χ2n) is 5.21. The van der Waals surface area contributed by atoms with E-state index in [0.29, 0.717) is 18.1 Å². The van der Waals surface area contributed by atoms with Gasteiger partial charge in [-0.1, -0.05) is 12.1 Å². The molecule has 0 aliphatic rings. The van der Waals surface area contributed by atoms with E-state index in [1.54, 1.807) is 18.5 Å². The quantitative estimate of drug-likeness (QED) is 0.840. The van der Waals surface area contributed by atoms with Crippen molar-refractivity contribution in [1.82, 2.24) is 14.9 Å². The summed E-state index contributed by atoms with van der Waals surface area (Å²) in [4.78, 5) is 10.0. The van der Waals surface area contributed by atoms with Crippen molar-refractivity contribution in [2.24, 2.45) is 0 Å². The largest absolute Gasteiger partial charge is 0.416 e. The first-order valence-electron chi connectivity index (χ1n) is 6.82. The molecular formula is C15H16BrF3N4. The molecule has 1 unspecified atom stereocenters. The van der Waals surface area contributed by atoms with Gasteiger partial charge in [-0.25, -0.2) is 9.97 Å². The second kappa shape index (κ2) is 7.27. The topological polar surface area (TPSA) is 41.0 Å². The molecule has 0 radical (unpaired) electrons. The number of benzene rings is 1. The number of halogens is 4. The molecule has 0 bridgehead atoms. The molecule has 1 heterocycles. The van der Waals surface area contributed by atoms with Gasteiger partial charge in [-0.3, -0.25) is 0 Å². The van der Waals surface area contributed by atoms with E-state index in [9.17, 15) is 13.2 Å². The molecule has 0 amide bonds. The number of hydrogen-bond donors (Lipinski definition) is 1. The molecule has 8 heteroatoms. The van der Waals surface area contributed by atoms with Crippen molar-refractivity contribution in [1.29, 1.82) is 0 Å². The van der Waals surface area contributed by atoms with Gasteiger partial charge in [0.05, 0.1) is 16.1 Å². The van der Waals surface area contributed by atoms with Crippen LogP contribution in [0.3, 0.4) is 0 Å². The third kappa shape index (κ3) is 4.90. The Morgan fingerprint density at radius 3 is 2.43 bits per heavy atom. The van der Waals surface area contributed by atoms with E-state index < -0.39 is 11.7 Å². The average Bonchev–Trinajstić information content (AvgIpc) is 2.48. The zero-order chi connectivity index (χ0) is 17.0. The van der Waals surface area contributed by atoms with E-state index in [1.165, 1.54) is 12.1 Å². The van der Waals surface area contributed by atoms with Gasteiger partial charge in [0.25, 0.3) is 0 Å². The minimum absolute atomic E-state index is 0.246. The molecule has 23 heavy (non-hydrogen) atoms. The van der Waals surface area contributed by atoms with Gasteiger partial charge in [-0.15, -0.1) is 0 Å². The summed E-state index contributed by atoms with van der Waals surface area (Å²) in [6.45, 7) is 0.385. The maximum absolute atomic E-state index is 12.9. The molecular weight excluding hydrogens is 373 g/mol. The molecule has 1 atom stereocenters. The summed E-state index contributed by atoms with van der Waals surface area (Å²) in [5.41, 5.74) is -0.0730. The van der Waals surface area contributed by atoms with Crippen molar-refractivity contribution in [3.8, 4) is 0 Å². The average molecular weight is 389 g/mol. The number of nitrogens with one attached hydrogen (secondary N) is 1. The maximum Gasteiger partial charge on any atom is 0.416 e. The summed E-state index contributed by atoms with van der Waals surface area (Å²) < 4.78 is 39.4. The third-order valence-electron chi connectivity index (χ3n) is 3.30. The fourth-order valence-electron chi connectivity index (χ4n) is 2.11. The number of nitrogens with zero attached hydrogens (tertiary/aromatic N) is 3. The van der Waals surface area contributed by atoms with Gasteiger partial charge in [-0.2, -0.15) is 13.2 Å². The lowest BCUT2D eigenvalue weighted by atomic mass is 10.0. The number of rotatable bonds is 5. The standard InChI is InChI=1S/C15H16BrF3N4/c1-23(2)13(9-22-14-20-7-12(16)8-21-14)10-4-3-5-11(6-10)15(17,18)19/h3-8,13H,9H2,1-2H3,(H,20,21,22). The van der Waals surface area contributed by atoms with Gasteiger partial charge in [0.1, 0.15) is 0 Å². The zero-order valence-electron chi connectivity index (χ0n) is 12.6. The number of likely N-dealkylation sites (N-methyl/N-ethyl adjacent to an activating group) is 1. The van der Waals surface area contributed by atoms with Crippen molar-refractivity contribution in [3.05, 3.63) is 52.3 Å². The highest BCUT2D eigenvalue weighted by molar-refractivity contribution is 9.10. The Morgan fingerprint density at radius 2 is 1.87 bits per heavy atom. The lowest BCUT2D eigenvalue weighted by Crippen LogP contribution is -2.27. The van der Waals surface area contributed by atoms with Crippen LogP contribution in [-0.2, 0) is 6.18 Å². The van der Waals surface area contributed by atoms with Crippen molar-refractivity contribution in [3.63, 3.8) is 0 Å². The van der Waals surface area contributed by atoms with Crippen molar-refractivity contribution >= 4 is 21.9 Å². The molecule has 4 nitrogen and oxygen atoms in total. The van der Waals surface area contributed by atoms with Crippen LogP contribution in [0.5, 0.6) is 0 Å². The lowest BCUT2D eigenvalue weighted by molar-refractivity contribution is -0.137. The summed E-state index contributed by atoms with van der Waals surface area (Å²) >= 11 is 3.24. The highest BCUT2D eigenvalue weighted by Gasteiger charge is 2.31. The fraction of sp³-hybridized carbons (Fsp3) is 0.333. The minimum Gasteiger partial charge on any atom is -0.352 e. The molecule has 2 rings (SSSR count). The molecule has 0 saturated heterocycles. The molecule has 1 aromatic carbocycles. The van der Waals surface area contributed by atoms with Crippen LogP contribution in [0.25, 0.3) is 0 Å². The molecule has 1 N–H and O–H groups in total. The minimum atomic E-state index is -4.35.